The van der Waals surface area contributed by atoms with Crippen molar-refractivity contribution in [2.75, 3.05) is 16.0 Å². The number of anilines is 3. The summed E-state index contributed by atoms with van der Waals surface area (Å²) >= 11 is 1.35. The number of carbonyl (C=O) groups is 2. The Bertz CT molecular complexity index is 1180. The third-order valence-electron chi connectivity index (χ3n) is 4.28. The molecule has 0 aliphatic heterocycles. The maximum Gasteiger partial charge on any atom is 0.323 e. The molecule has 10 heteroatoms. The summed E-state index contributed by atoms with van der Waals surface area (Å²) < 4.78 is 22.6. The van der Waals surface area contributed by atoms with Crippen molar-refractivity contribution in [2.45, 2.75) is 22.0 Å². The first-order valence-electron chi connectivity index (χ1n) is 9.54. The number of amides is 3. The van der Waals surface area contributed by atoms with E-state index in [-0.39, 0.29) is 16.8 Å². The molecule has 0 saturated carbocycles. The average molecular weight is 471 g/mol. The van der Waals surface area contributed by atoms with E-state index in [1.165, 1.54) is 36.0 Å². The number of urea groups is 1. The lowest BCUT2D eigenvalue weighted by Gasteiger charge is -2.13. The van der Waals surface area contributed by atoms with Crippen LogP contribution in [0.15, 0.2) is 88.7 Å². The van der Waals surface area contributed by atoms with Crippen LogP contribution in [0, 0.1) is 0 Å². The largest absolute Gasteiger partial charge is 0.325 e. The number of nitrogens with two attached hydrogens (primary N) is 1. The molecule has 3 rings (SSSR count). The van der Waals surface area contributed by atoms with E-state index in [1.807, 2.05) is 30.3 Å². The van der Waals surface area contributed by atoms with Crippen LogP contribution in [0.5, 0.6) is 0 Å². The topological polar surface area (TPSA) is 130 Å². The van der Waals surface area contributed by atoms with Crippen LogP contribution in [-0.4, -0.2) is 25.6 Å². The van der Waals surface area contributed by atoms with Gasteiger partial charge in [-0.1, -0.05) is 18.2 Å². The number of hydrogen-bond donors (Lipinski definition) is 4. The van der Waals surface area contributed by atoms with Crippen molar-refractivity contribution >= 4 is 50.8 Å². The number of thioether (sulfide) groups is 1. The minimum atomic E-state index is -3.78. The van der Waals surface area contributed by atoms with Crippen molar-refractivity contribution in [1.29, 1.82) is 0 Å². The maximum absolute atomic E-state index is 12.4. The number of nitrogens with one attached hydrogen (secondary N) is 3. The summed E-state index contributed by atoms with van der Waals surface area (Å²) in [7, 11) is -3.78. The van der Waals surface area contributed by atoms with Crippen LogP contribution >= 0.6 is 11.8 Å². The van der Waals surface area contributed by atoms with E-state index in [4.69, 9.17) is 5.14 Å². The van der Waals surface area contributed by atoms with E-state index in [2.05, 4.69) is 16.0 Å². The van der Waals surface area contributed by atoms with Gasteiger partial charge in [0.1, 0.15) is 0 Å². The van der Waals surface area contributed by atoms with Gasteiger partial charge in [-0.05, 0) is 67.6 Å². The lowest BCUT2D eigenvalue weighted by Crippen LogP contribution is -2.22. The molecule has 0 fully saturated rings. The van der Waals surface area contributed by atoms with Crippen LogP contribution in [-0.2, 0) is 14.8 Å². The summed E-state index contributed by atoms with van der Waals surface area (Å²) in [6.07, 6.45) is 0. The SMILES string of the molecule is CC(Sc1ccc(NC(=O)Nc2ccccc2)cc1)C(=O)Nc1ccc(S(N)(=O)=O)cc1. The van der Waals surface area contributed by atoms with Gasteiger partial charge in [0.2, 0.25) is 15.9 Å². The van der Waals surface area contributed by atoms with Crippen molar-refractivity contribution in [3.63, 3.8) is 0 Å². The Morgan fingerprint density at radius 3 is 1.84 bits per heavy atom. The van der Waals surface area contributed by atoms with E-state index >= 15 is 0 Å². The van der Waals surface area contributed by atoms with Crippen molar-refractivity contribution in [3.05, 3.63) is 78.9 Å². The number of carbonyl (C=O) groups excluding carboxylic acids is 2. The highest BCUT2D eigenvalue weighted by molar-refractivity contribution is 8.00. The molecule has 3 amide bonds. The number of primary sulfonamides is 1. The Balaban J connectivity index is 1.51. The summed E-state index contributed by atoms with van der Waals surface area (Å²) in [5.41, 5.74) is 1.78. The molecule has 0 radical (unpaired) electrons. The van der Waals surface area contributed by atoms with E-state index in [1.54, 1.807) is 31.2 Å². The highest BCUT2D eigenvalue weighted by atomic mass is 32.2. The molecule has 3 aromatic carbocycles. The summed E-state index contributed by atoms with van der Waals surface area (Å²) in [4.78, 5) is 25.3. The Morgan fingerprint density at radius 2 is 1.28 bits per heavy atom. The second-order valence-electron chi connectivity index (χ2n) is 6.79. The van der Waals surface area contributed by atoms with Crippen LogP contribution in [0.4, 0.5) is 21.9 Å². The smallest absolute Gasteiger partial charge is 0.323 e. The quantitative estimate of drug-likeness (QED) is 0.386. The Kier molecular flexibility index (Phi) is 7.52. The second kappa shape index (κ2) is 10.3. The van der Waals surface area contributed by atoms with Crippen molar-refractivity contribution in [3.8, 4) is 0 Å². The minimum absolute atomic E-state index is 0.0240. The molecule has 166 valence electrons. The molecule has 0 aliphatic rings. The number of sulfonamides is 1. The first-order chi connectivity index (χ1) is 15.2. The van der Waals surface area contributed by atoms with Crippen LogP contribution < -0.4 is 21.1 Å². The van der Waals surface area contributed by atoms with Crippen LogP contribution in [0.2, 0.25) is 0 Å². The van der Waals surface area contributed by atoms with Gasteiger partial charge in [-0.2, -0.15) is 0 Å². The van der Waals surface area contributed by atoms with Gasteiger partial charge < -0.3 is 16.0 Å². The van der Waals surface area contributed by atoms with Gasteiger partial charge in [-0.25, -0.2) is 18.4 Å². The van der Waals surface area contributed by atoms with Gasteiger partial charge in [0.05, 0.1) is 10.1 Å². The lowest BCUT2D eigenvalue weighted by atomic mass is 10.3. The van der Waals surface area contributed by atoms with E-state index in [9.17, 15) is 18.0 Å². The fourth-order valence-corrected chi connectivity index (χ4v) is 4.04. The lowest BCUT2D eigenvalue weighted by molar-refractivity contribution is -0.115. The fourth-order valence-electron chi connectivity index (χ4n) is 2.66. The molecule has 0 aromatic heterocycles. The maximum atomic E-state index is 12.4. The molecule has 1 atom stereocenters. The molecule has 0 bridgehead atoms. The van der Waals surface area contributed by atoms with Crippen LogP contribution in [0.1, 0.15) is 6.92 Å². The van der Waals surface area contributed by atoms with Gasteiger partial charge >= 0.3 is 6.03 Å². The van der Waals surface area contributed by atoms with Gasteiger partial charge in [0, 0.05) is 22.0 Å². The average Bonchev–Trinajstić information content (AvgIpc) is 2.75. The predicted octanol–water partition coefficient (Wildman–Crippen LogP) is 4.10. The van der Waals surface area contributed by atoms with Gasteiger partial charge in [0.15, 0.2) is 0 Å². The third-order valence-corrected chi connectivity index (χ3v) is 6.32. The Morgan fingerprint density at radius 1 is 0.781 bits per heavy atom. The van der Waals surface area contributed by atoms with Crippen molar-refractivity contribution < 1.29 is 18.0 Å². The summed E-state index contributed by atoms with van der Waals surface area (Å²) in [5.74, 6) is -0.234. The molecule has 8 nitrogen and oxygen atoms in total. The zero-order chi connectivity index (χ0) is 23.1. The number of benzene rings is 3. The molecule has 0 heterocycles. The second-order valence-corrected chi connectivity index (χ2v) is 9.76. The molecular weight excluding hydrogens is 448 g/mol. The number of hydrogen-bond acceptors (Lipinski definition) is 5. The first-order valence-corrected chi connectivity index (χ1v) is 12.0. The molecular formula is C22H22N4O4S2. The van der Waals surface area contributed by atoms with Crippen molar-refractivity contribution in [1.82, 2.24) is 0 Å². The first kappa shape index (κ1) is 23.3. The highest BCUT2D eigenvalue weighted by Gasteiger charge is 2.15. The molecule has 3 aromatic rings. The van der Waals surface area contributed by atoms with E-state index in [0.29, 0.717) is 17.1 Å². The third kappa shape index (κ3) is 6.84. The minimum Gasteiger partial charge on any atom is -0.325 e. The van der Waals surface area contributed by atoms with Crippen molar-refractivity contribution in [2.24, 2.45) is 5.14 Å². The summed E-state index contributed by atoms with van der Waals surface area (Å²) in [6.45, 7) is 1.76. The molecule has 0 spiro atoms. The zero-order valence-corrected chi connectivity index (χ0v) is 18.7. The fraction of sp³-hybridized carbons (Fsp3) is 0.0909. The zero-order valence-electron chi connectivity index (χ0n) is 17.1. The van der Waals surface area contributed by atoms with E-state index in [0.717, 1.165) is 4.90 Å². The molecule has 1 unspecified atom stereocenters. The van der Waals surface area contributed by atoms with Gasteiger partial charge in [0.25, 0.3) is 0 Å². The van der Waals surface area contributed by atoms with Gasteiger partial charge in [-0.3, -0.25) is 4.79 Å². The molecule has 0 aliphatic carbocycles. The highest BCUT2D eigenvalue weighted by Crippen LogP contribution is 2.26. The standard InChI is InChI=1S/C22H22N4O4S2/c1-15(21(27)24-17-9-13-20(14-10-17)32(23,29)30)31-19-11-7-18(8-12-19)26-22(28)25-16-5-3-2-4-6-16/h2-15H,1H3,(H,24,27)(H2,23,29,30)(H2,25,26,28). The predicted molar refractivity (Wildman–Crippen MR) is 127 cm³/mol. The Labute approximate surface area is 190 Å². The van der Waals surface area contributed by atoms with Crippen LogP contribution in [0.25, 0.3) is 0 Å². The monoisotopic (exact) mass is 470 g/mol. The Hall–Kier alpha value is -3.34. The molecule has 5 N–H and O–H groups in total. The van der Waals surface area contributed by atoms with E-state index < -0.39 is 15.3 Å². The number of rotatable bonds is 7. The van der Waals surface area contributed by atoms with Gasteiger partial charge in [-0.15, -0.1) is 11.8 Å². The molecule has 0 saturated heterocycles. The summed E-state index contributed by atoms with van der Waals surface area (Å²) in [6, 6.07) is 21.5. The number of para-hydroxylation sites is 1. The normalized spacial score (nSPS) is 11.9. The molecule has 32 heavy (non-hydrogen) atoms. The van der Waals surface area contributed by atoms with Crippen LogP contribution in [0.3, 0.4) is 0 Å². The summed E-state index contributed by atoms with van der Waals surface area (Å²) in [5, 5.41) is 12.9.